The molecule has 0 saturated carbocycles. The summed E-state index contributed by atoms with van der Waals surface area (Å²) in [6, 6.07) is 0. The summed E-state index contributed by atoms with van der Waals surface area (Å²) >= 11 is 0. The van der Waals surface area contributed by atoms with Gasteiger partial charge >= 0.3 is 11.9 Å². The number of allylic oxidation sites excluding steroid dienone is 8. The van der Waals surface area contributed by atoms with Crippen LogP contribution in [0.15, 0.2) is 48.6 Å². The highest BCUT2D eigenvalue weighted by molar-refractivity contribution is 7.85. The average molecular weight is 913 g/mol. The minimum Gasteiger partial charge on any atom is -0.462 e. The summed E-state index contributed by atoms with van der Waals surface area (Å²) in [7, 11) is -4.61. The normalized spacial score (nSPS) is 20.1. The lowest BCUT2D eigenvalue weighted by Crippen LogP contribution is -2.60. The quantitative estimate of drug-likeness (QED) is 0.0197. The molecule has 0 aromatic rings. The lowest BCUT2D eigenvalue weighted by molar-refractivity contribution is -0.297. The van der Waals surface area contributed by atoms with E-state index in [2.05, 4.69) is 62.5 Å². The van der Waals surface area contributed by atoms with Gasteiger partial charge in [-0.05, 0) is 51.4 Å². The topological polar surface area (TPSA) is 186 Å². The van der Waals surface area contributed by atoms with Gasteiger partial charge in [0.05, 0.1) is 6.61 Å². The highest BCUT2D eigenvalue weighted by Gasteiger charge is 2.46. The SMILES string of the molecule is CC/C=C/C/C=C/C/C=C/C/C=C/CCCCC(=O)OC[C@H](CO[C@H]1O[C@H](CS(=O)(=O)O)[C@@H](O)C(O)C1O)OC(=O)CCCCCCCCCCCCCCCCCCCCCC. The van der Waals surface area contributed by atoms with E-state index in [1.54, 1.807) is 0 Å². The molecule has 0 bridgehead atoms. The minimum absolute atomic E-state index is 0.157. The van der Waals surface area contributed by atoms with Crippen molar-refractivity contribution in [1.82, 2.24) is 0 Å². The third kappa shape index (κ3) is 34.6. The highest BCUT2D eigenvalue weighted by Crippen LogP contribution is 2.24. The summed E-state index contributed by atoms with van der Waals surface area (Å²) in [6.07, 6.45) is 38.7. The van der Waals surface area contributed by atoms with Gasteiger partial charge in [-0.25, -0.2) is 0 Å². The fourth-order valence-electron chi connectivity index (χ4n) is 7.37. The zero-order chi connectivity index (χ0) is 46.2. The van der Waals surface area contributed by atoms with Crippen LogP contribution < -0.4 is 0 Å². The summed E-state index contributed by atoms with van der Waals surface area (Å²) in [5, 5.41) is 30.9. The van der Waals surface area contributed by atoms with Gasteiger partial charge in [-0.15, -0.1) is 0 Å². The van der Waals surface area contributed by atoms with Crippen LogP contribution in [0.1, 0.15) is 200 Å². The number of carbonyl (C=O) groups is 2. The Kier molecular flexibility index (Phi) is 37.2. The maximum absolute atomic E-state index is 12.9. The van der Waals surface area contributed by atoms with Crippen molar-refractivity contribution in [2.24, 2.45) is 0 Å². The molecule has 0 radical (unpaired) electrons. The first-order valence-corrected chi connectivity index (χ1v) is 26.3. The molecule has 6 atom stereocenters. The first kappa shape index (κ1) is 58.6. The van der Waals surface area contributed by atoms with Crippen LogP contribution in [0, 0.1) is 0 Å². The number of hydrogen-bond acceptors (Lipinski definition) is 11. The van der Waals surface area contributed by atoms with E-state index in [1.165, 1.54) is 103 Å². The van der Waals surface area contributed by atoms with Crippen LogP contribution in [0.4, 0.5) is 0 Å². The molecule has 1 saturated heterocycles. The highest BCUT2D eigenvalue weighted by atomic mass is 32.2. The fourth-order valence-corrected chi connectivity index (χ4v) is 8.07. The summed E-state index contributed by atoms with van der Waals surface area (Å²) in [5.74, 6) is -2.03. The van der Waals surface area contributed by atoms with Gasteiger partial charge in [-0.1, -0.05) is 184 Å². The molecule has 1 heterocycles. The van der Waals surface area contributed by atoms with Crippen molar-refractivity contribution in [1.29, 1.82) is 0 Å². The smallest absolute Gasteiger partial charge is 0.306 e. The van der Waals surface area contributed by atoms with Gasteiger partial charge in [0.1, 0.15) is 36.8 Å². The second-order valence-corrected chi connectivity index (χ2v) is 18.6. The third-order valence-electron chi connectivity index (χ3n) is 11.2. The Balaban J connectivity index is 2.40. The molecule has 366 valence electrons. The summed E-state index contributed by atoms with van der Waals surface area (Å²) < 4.78 is 54.1. The lowest BCUT2D eigenvalue weighted by Gasteiger charge is -2.40. The Morgan fingerprint density at radius 1 is 0.556 bits per heavy atom. The number of unbranched alkanes of at least 4 members (excludes halogenated alkanes) is 21. The molecule has 2 unspecified atom stereocenters. The first-order valence-electron chi connectivity index (χ1n) is 24.7. The van der Waals surface area contributed by atoms with E-state index in [1.807, 2.05) is 0 Å². The van der Waals surface area contributed by atoms with Gasteiger partial charge in [-0.3, -0.25) is 14.1 Å². The van der Waals surface area contributed by atoms with Crippen LogP contribution in [-0.2, 0) is 38.7 Å². The van der Waals surface area contributed by atoms with Crippen LogP contribution >= 0.6 is 0 Å². The van der Waals surface area contributed by atoms with Crippen molar-refractivity contribution in [3.05, 3.63) is 48.6 Å². The Bertz CT molecular complexity index is 1350. The number of aliphatic hydroxyl groups is 3. The largest absolute Gasteiger partial charge is 0.462 e. The van der Waals surface area contributed by atoms with E-state index in [-0.39, 0.29) is 19.4 Å². The molecule has 0 spiro atoms. The van der Waals surface area contributed by atoms with E-state index in [0.29, 0.717) is 12.8 Å². The molecule has 1 aliphatic heterocycles. The molecule has 12 nitrogen and oxygen atoms in total. The summed E-state index contributed by atoms with van der Waals surface area (Å²) in [4.78, 5) is 25.5. The molecule has 13 heteroatoms. The van der Waals surface area contributed by atoms with Gasteiger partial charge in [0.2, 0.25) is 0 Å². The predicted molar refractivity (Wildman–Crippen MR) is 252 cm³/mol. The van der Waals surface area contributed by atoms with Gasteiger partial charge < -0.3 is 34.3 Å². The molecule has 0 aliphatic carbocycles. The number of rotatable bonds is 41. The molecule has 0 aromatic carbocycles. The number of carbonyl (C=O) groups excluding carboxylic acids is 2. The molecular formula is C50H88O12S. The van der Waals surface area contributed by atoms with Crippen LogP contribution in [0.3, 0.4) is 0 Å². The standard InChI is InChI=1S/C50H88O12S/c1-3-5-7-9-11-13-15-17-19-20-21-22-23-25-27-29-31-33-35-37-39-46(52)61-43(41-60-50-49(55)48(54)47(53)44(62-50)42-63(56,57)58)40-59-45(51)38-36-34-32-30-28-26-24-18-16-14-12-10-8-6-4-2/h6,8,12,14,18,24,28,30,43-44,47-50,53-55H,3-5,7,9-11,13,15-17,19-23,25-27,29,31-42H2,1-2H3,(H,56,57,58)/b8-6+,14-12+,24-18+,30-28+/t43-,44-,47-,48?,49?,50+/m1/s1. The van der Waals surface area contributed by atoms with E-state index >= 15 is 0 Å². The van der Waals surface area contributed by atoms with Crippen molar-refractivity contribution in [3.8, 4) is 0 Å². The molecule has 63 heavy (non-hydrogen) atoms. The van der Waals surface area contributed by atoms with Crippen molar-refractivity contribution in [2.75, 3.05) is 19.0 Å². The Hall–Kier alpha value is -2.39. The van der Waals surface area contributed by atoms with Crippen LogP contribution in [0.5, 0.6) is 0 Å². The van der Waals surface area contributed by atoms with Crippen molar-refractivity contribution in [2.45, 2.75) is 237 Å². The molecule has 1 aliphatic rings. The second-order valence-electron chi connectivity index (χ2n) is 17.1. The third-order valence-corrected chi connectivity index (χ3v) is 11.9. The van der Waals surface area contributed by atoms with E-state index in [9.17, 15) is 37.9 Å². The van der Waals surface area contributed by atoms with Gasteiger partial charge in [0, 0.05) is 12.8 Å². The molecular weight excluding hydrogens is 825 g/mol. The zero-order valence-corrected chi connectivity index (χ0v) is 40.0. The Morgan fingerprint density at radius 2 is 1.00 bits per heavy atom. The van der Waals surface area contributed by atoms with Gasteiger partial charge in [-0.2, -0.15) is 8.42 Å². The van der Waals surface area contributed by atoms with Crippen LogP contribution in [0.25, 0.3) is 0 Å². The number of hydrogen-bond donors (Lipinski definition) is 4. The molecule has 4 N–H and O–H groups in total. The second kappa shape index (κ2) is 39.9. The maximum atomic E-state index is 12.9. The van der Waals surface area contributed by atoms with E-state index < -0.39 is 71.2 Å². The van der Waals surface area contributed by atoms with Crippen LogP contribution in [0.2, 0.25) is 0 Å². The van der Waals surface area contributed by atoms with Crippen molar-refractivity contribution in [3.63, 3.8) is 0 Å². The molecule has 0 aromatic heterocycles. The number of aliphatic hydroxyl groups excluding tert-OH is 3. The monoisotopic (exact) mass is 913 g/mol. The summed E-state index contributed by atoms with van der Waals surface area (Å²) in [6.45, 7) is 3.63. The van der Waals surface area contributed by atoms with Crippen molar-refractivity contribution >= 4 is 22.1 Å². The van der Waals surface area contributed by atoms with Crippen molar-refractivity contribution < 1.29 is 56.8 Å². The number of esters is 2. The zero-order valence-electron chi connectivity index (χ0n) is 39.2. The Labute approximate surface area is 382 Å². The molecule has 1 rings (SSSR count). The van der Waals surface area contributed by atoms with Gasteiger partial charge in [0.15, 0.2) is 12.4 Å². The number of ether oxygens (including phenoxy) is 4. The minimum atomic E-state index is -4.61. The maximum Gasteiger partial charge on any atom is 0.306 e. The Morgan fingerprint density at radius 3 is 1.49 bits per heavy atom. The summed E-state index contributed by atoms with van der Waals surface area (Å²) in [5.41, 5.74) is 0. The molecule has 1 fully saturated rings. The predicted octanol–water partition coefficient (Wildman–Crippen LogP) is 10.7. The first-order chi connectivity index (χ1) is 30.5. The van der Waals surface area contributed by atoms with E-state index in [4.69, 9.17) is 18.9 Å². The van der Waals surface area contributed by atoms with Gasteiger partial charge in [0.25, 0.3) is 10.1 Å². The lowest BCUT2D eigenvalue weighted by atomic mass is 10.00. The molecule has 0 amide bonds. The average Bonchev–Trinajstić information content (AvgIpc) is 3.25. The van der Waals surface area contributed by atoms with E-state index in [0.717, 1.165) is 57.8 Å². The van der Waals surface area contributed by atoms with Crippen LogP contribution in [-0.4, -0.2) is 96.0 Å². The fraction of sp³-hybridized carbons (Fsp3) is 0.800.